The molecule has 0 amide bonds. The second-order valence-corrected chi connectivity index (χ2v) is 5.30. The normalized spacial score (nSPS) is 13.4. The van der Waals surface area contributed by atoms with Gasteiger partial charge >= 0.3 is 0 Å². The summed E-state index contributed by atoms with van der Waals surface area (Å²) in [5.41, 5.74) is 3.98. The zero-order valence-electron chi connectivity index (χ0n) is 12.2. The Hall–Kier alpha value is -1.55. The largest absolute Gasteiger partial charge is 0.353 e. The zero-order valence-corrected chi connectivity index (χ0v) is 12.2. The van der Waals surface area contributed by atoms with Crippen molar-refractivity contribution in [3.63, 3.8) is 0 Å². The van der Waals surface area contributed by atoms with E-state index < -0.39 is 0 Å². The molecule has 0 saturated carbocycles. The highest BCUT2D eigenvalue weighted by Crippen LogP contribution is 2.04. The zero-order chi connectivity index (χ0) is 14.1. The first-order valence-electron chi connectivity index (χ1n) is 6.93. The highest BCUT2D eigenvalue weighted by Gasteiger charge is 2.05. The molecule has 0 heterocycles. The van der Waals surface area contributed by atoms with Gasteiger partial charge in [-0.2, -0.15) is 0 Å². The minimum atomic E-state index is 0.335. The van der Waals surface area contributed by atoms with Crippen LogP contribution in [0.4, 0.5) is 0 Å². The lowest BCUT2D eigenvalue weighted by molar-refractivity contribution is 0.587. The van der Waals surface area contributed by atoms with Gasteiger partial charge in [0.2, 0.25) is 5.96 Å². The summed E-state index contributed by atoms with van der Waals surface area (Å²) in [4.78, 5) is 4.41. The van der Waals surface area contributed by atoms with E-state index in [9.17, 15) is 0 Å². The minimum absolute atomic E-state index is 0.335. The second kappa shape index (κ2) is 8.53. The minimum Gasteiger partial charge on any atom is -0.353 e. The maximum absolute atomic E-state index is 5.47. The molecule has 19 heavy (non-hydrogen) atoms. The number of benzene rings is 1. The molecule has 0 bridgehead atoms. The summed E-state index contributed by atoms with van der Waals surface area (Å²) in [5.74, 6) is 6.68. The van der Waals surface area contributed by atoms with Crippen molar-refractivity contribution in [2.75, 3.05) is 6.54 Å². The standard InChI is InChI=1S/C15H26N4/c1-12(2)11-17-15(19-16)18-13(3)9-10-14-7-5-4-6-8-14/h4-8,12-13H,9-11,16H2,1-3H3,(H2,17,18,19). The third-order valence-corrected chi connectivity index (χ3v) is 2.84. The van der Waals surface area contributed by atoms with E-state index in [4.69, 9.17) is 5.84 Å². The molecule has 0 aliphatic heterocycles. The number of hydrogen-bond donors (Lipinski definition) is 3. The van der Waals surface area contributed by atoms with Crippen LogP contribution in [0.3, 0.4) is 0 Å². The predicted molar refractivity (Wildman–Crippen MR) is 81.8 cm³/mol. The van der Waals surface area contributed by atoms with E-state index in [0.717, 1.165) is 19.4 Å². The first kappa shape index (κ1) is 15.5. The Balaban J connectivity index is 2.36. The fourth-order valence-electron chi connectivity index (χ4n) is 1.74. The average Bonchev–Trinajstić information content (AvgIpc) is 2.42. The Labute approximate surface area is 116 Å². The van der Waals surface area contributed by atoms with Crippen molar-refractivity contribution in [2.24, 2.45) is 16.8 Å². The van der Waals surface area contributed by atoms with Crippen LogP contribution in [0.1, 0.15) is 32.8 Å². The van der Waals surface area contributed by atoms with Crippen LogP contribution in [0.5, 0.6) is 0 Å². The highest BCUT2D eigenvalue weighted by molar-refractivity contribution is 5.79. The van der Waals surface area contributed by atoms with Gasteiger partial charge in [-0.1, -0.05) is 44.2 Å². The van der Waals surface area contributed by atoms with Gasteiger partial charge in [0.1, 0.15) is 0 Å². The molecule has 0 saturated heterocycles. The Bertz CT molecular complexity index is 373. The molecule has 4 heteroatoms. The number of hydrogen-bond acceptors (Lipinski definition) is 2. The summed E-state index contributed by atoms with van der Waals surface area (Å²) in [6.07, 6.45) is 2.10. The van der Waals surface area contributed by atoms with Crippen LogP contribution < -0.4 is 16.6 Å². The number of nitrogens with zero attached hydrogens (tertiary/aromatic N) is 1. The highest BCUT2D eigenvalue weighted by atomic mass is 15.3. The van der Waals surface area contributed by atoms with Gasteiger partial charge in [0.25, 0.3) is 0 Å². The summed E-state index contributed by atoms with van der Waals surface area (Å²) in [6.45, 7) is 7.19. The van der Waals surface area contributed by atoms with E-state index in [1.165, 1.54) is 5.56 Å². The molecular formula is C15H26N4. The lowest BCUT2D eigenvalue weighted by Gasteiger charge is -2.17. The van der Waals surface area contributed by atoms with Crippen LogP contribution in [0.25, 0.3) is 0 Å². The topological polar surface area (TPSA) is 62.4 Å². The SMILES string of the molecule is CC(C)CN=C(NN)NC(C)CCc1ccccc1. The maximum atomic E-state index is 5.47. The molecule has 1 rings (SSSR count). The van der Waals surface area contributed by atoms with Crippen LogP contribution >= 0.6 is 0 Å². The van der Waals surface area contributed by atoms with Crippen molar-refractivity contribution >= 4 is 5.96 Å². The van der Waals surface area contributed by atoms with Gasteiger partial charge in [0, 0.05) is 12.6 Å². The average molecular weight is 262 g/mol. The summed E-state index contributed by atoms with van der Waals surface area (Å²) < 4.78 is 0. The third kappa shape index (κ3) is 6.82. The molecule has 0 aliphatic rings. The fraction of sp³-hybridized carbons (Fsp3) is 0.533. The predicted octanol–water partition coefficient (Wildman–Crippen LogP) is 2.07. The van der Waals surface area contributed by atoms with Gasteiger partial charge in [-0.3, -0.25) is 10.4 Å². The van der Waals surface area contributed by atoms with Crippen LogP contribution in [0.2, 0.25) is 0 Å². The van der Waals surface area contributed by atoms with Gasteiger partial charge in [0.15, 0.2) is 0 Å². The van der Waals surface area contributed by atoms with Crippen molar-refractivity contribution in [1.82, 2.24) is 10.7 Å². The van der Waals surface area contributed by atoms with Gasteiger partial charge in [-0.15, -0.1) is 0 Å². The first-order chi connectivity index (χ1) is 9.11. The van der Waals surface area contributed by atoms with Crippen LogP contribution in [0.15, 0.2) is 35.3 Å². The van der Waals surface area contributed by atoms with E-state index in [0.29, 0.717) is 17.9 Å². The quantitative estimate of drug-likeness (QED) is 0.318. The van der Waals surface area contributed by atoms with Gasteiger partial charge in [-0.25, -0.2) is 5.84 Å². The molecule has 4 nitrogen and oxygen atoms in total. The Morgan fingerprint density at radius 2 is 1.89 bits per heavy atom. The Morgan fingerprint density at radius 3 is 2.47 bits per heavy atom. The van der Waals surface area contributed by atoms with Crippen molar-refractivity contribution in [2.45, 2.75) is 39.7 Å². The monoisotopic (exact) mass is 262 g/mol. The maximum Gasteiger partial charge on any atom is 0.205 e. The molecule has 1 unspecified atom stereocenters. The molecule has 0 fully saturated rings. The number of guanidine groups is 1. The molecule has 106 valence electrons. The number of rotatable bonds is 6. The van der Waals surface area contributed by atoms with Crippen molar-refractivity contribution < 1.29 is 0 Å². The molecule has 1 aromatic carbocycles. The van der Waals surface area contributed by atoms with E-state index in [-0.39, 0.29) is 0 Å². The van der Waals surface area contributed by atoms with Gasteiger partial charge < -0.3 is 5.32 Å². The molecule has 4 N–H and O–H groups in total. The summed E-state index contributed by atoms with van der Waals surface area (Å²) >= 11 is 0. The number of nitrogens with two attached hydrogens (primary N) is 1. The molecule has 0 radical (unpaired) electrons. The lowest BCUT2D eigenvalue weighted by Crippen LogP contribution is -2.45. The fourth-order valence-corrected chi connectivity index (χ4v) is 1.74. The van der Waals surface area contributed by atoms with Crippen molar-refractivity contribution in [1.29, 1.82) is 0 Å². The number of aliphatic imine (C=N–C) groups is 1. The Kier molecular flexibility index (Phi) is 6.97. The van der Waals surface area contributed by atoms with Crippen LogP contribution in [-0.2, 0) is 6.42 Å². The summed E-state index contributed by atoms with van der Waals surface area (Å²) in [6, 6.07) is 10.8. The van der Waals surface area contributed by atoms with Gasteiger partial charge in [-0.05, 0) is 31.2 Å². The van der Waals surface area contributed by atoms with Crippen LogP contribution in [0, 0.1) is 5.92 Å². The van der Waals surface area contributed by atoms with Gasteiger partial charge in [0.05, 0.1) is 0 Å². The second-order valence-electron chi connectivity index (χ2n) is 5.30. The third-order valence-electron chi connectivity index (χ3n) is 2.84. The van der Waals surface area contributed by atoms with Crippen molar-refractivity contribution in [3.05, 3.63) is 35.9 Å². The first-order valence-corrected chi connectivity index (χ1v) is 6.93. The summed E-state index contributed by atoms with van der Waals surface area (Å²) in [5, 5.41) is 3.31. The molecular weight excluding hydrogens is 236 g/mol. The molecule has 0 aromatic heterocycles. The number of aryl methyl sites for hydroxylation is 1. The van der Waals surface area contributed by atoms with E-state index in [1.807, 2.05) is 6.07 Å². The molecule has 0 spiro atoms. The molecule has 1 aromatic rings. The Morgan fingerprint density at radius 1 is 1.21 bits per heavy atom. The lowest BCUT2D eigenvalue weighted by atomic mass is 10.1. The van der Waals surface area contributed by atoms with Crippen LogP contribution in [-0.4, -0.2) is 18.5 Å². The molecule has 0 aliphatic carbocycles. The van der Waals surface area contributed by atoms with E-state index in [1.54, 1.807) is 0 Å². The van der Waals surface area contributed by atoms with Crippen molar-refractivity contribution in [3.8, 4) is 0 Å². The van der Waals surface area contributed by atoms with E-state index in [2.05, 4.69) is 60.8 Å². The number of nitrogens with one attached hydrogen (secondary N) is 2. The smallest absolute Gasteiger partial charge is 0.205 e. The molecule has 1 atom stereocenters. The number of hydrazine groups is 1. The summed E-state index contributed by atoms with van der Waals surface area (Å²) in [7, 11) is 0. The van der Waals surface area contributed by atoms with E-state index >= 15 is 0 Å².